The molecule has 9 heteroatoms. The predicted molar refractivity (Wildman–Crippen MR) is 95.7 cm³/mol. The Bertz CT molecular complexity index is 701. The largest absolute Gasteiger partial charge is 0.468 e. The van der Waals surface area contributed by atoms with E-state index >= 15 is 0 Å². The highest BCUT2D eigenvalue weighted by atomic mass is 16.5. The summed E-state index contributed by atoms with van der Waals surface area (Å²) in [6, 6.07) is 0. The van der Waals surface area contributed by atoms with E-state index in [2.05, 4.69) is 10.3 Å². The molecule has 0 aromatic rings. The minimum Gasteiger partial charge on any atom is -0.468 e. The molecule has 1 aliphatic heterocycles. The summed E-state index contributed by atoms with van der Waals surface area (Å²) in [4.78, 5) is 53.2. The van der Waals surface area contributed by atoms with Crippen molar-refractivity contribution in [2.45, 2.75) is 40.2 Å². The lowest BCUT2D eigenvalue weighted by Crippen LogP contribution is -2.45. The van der Waals surface area contributed by atoms with E-state index in [9.17, 15) is 19.2 Å². The molecule has 0 spiro atoms. The fraction of sp³-hybridized carbons (Fsp3) is 0.611. The number of amides is 1. The third-order valence-corrected chi connectivity index (χ3v) is 3.80. The van der Waals surface area contributed by atoms with Crippen molar-refractivity contribution in [3.63, 3.8) is 0 Å². The number of hydrogen-bond donors (Lipinski definition) is 1. The highest BCUT2D eigenvalue weighted by molar-refractivity contribution is 6.10. The maximum Gasteiger partial charge on any atom is 0.336 e. The number of carbonyl (C=O) groups is 4. The van der Waals surface area contributed by atoms with E-state index in [1.165, 1.54) is 6.92 Å². The first-order valence-electron chi connectivity index (χ1n) is 8.32. The van der Waals surface area contributed by atoms with Crippen LogP contribution in [0.4, 0.5) is 0 Å². The highest BCUT2D eigenvalue weighted by Gasteiger charge is 2.46. The van der Waals surface area contributed by atoms with Crippen molar-refractivity contribution in [2.75, 3.05) is 20.8 Å². The molecule has 0 aromatic heterocycles. The molecule has 1 N–H and O–H groups in total. The van der Waals surface area contributed by atoms with E-state index in [0.29, 0.717) is 5.71 Å². The second kappa shape index (κ2) is 8.79. The van der Waals surface area contributed by atoms with Gasteiger partial charge in [-0.3, -0.25) is 19.4 Å². The summed E-state index contributed by atoms with van der Waals surface area (Å²) >= 11 is 0. The Hall–Kier alpha value is -2.71. The first kappa shape index (κ1) is 22.3. The van der Waals surface area contributed by atoms with E-state index in [1.807, 2.05) is 0 Å². The van der Waals surface area contributed by atoms with E-state index in [1.54, 1.807) is 27.7 Å². The normalized spacial score (nSPS) is 19.7. The summed E-state index contributed by atoms with van der Waals surface area (Å²) in [6.07, 6.45) is 0. The zero-order valence-corrected chi connectivity index (χ0v) is 16.7. The molecule has 1 heterocycles. The smallest absolute Gasteiger partial charge is 0.336 e. The van der Waals surface area contributed by atoms with Crippen LogP contribution in [0, 0.1) is 11.8 Å². The molecule has 1 aliphatic rings. The maximum absolute atomic E-state index is 12.7. The predicted octanol–water partition coefficient (Wildman–Crippen LogP) is 0.771. The average Bonchev–Trinajstić information content (AvgIpc) is 2.56. The molecule has 1 amide bonds. The lowest BCUT2D eigenvalue weighted by atomic mass is 9.80. The van der Waals surface area contributed by atoms with Gasteiger partial charge in [0.25, 0.3) is 5.91 Å². The zero-order chi connectivity index (χ0) is 20.9. The molecule has 0 aromatic carbocycles. The van der Waals surface area contributed by atoms with Crippen molar-refractivity contribution >= 4 is 29.5 Å². The molecular weight excluding hydrogens is 356 g/mol. The Morgan fingerprint density at radius 3 is 2.07 bits per heavy atom. The van der Waals surface area contributed by atoms with Crippen molar-refractivity contribution in [3.8, 4) is 0 Å². The third-order valence-electron chi connectivity index (χ3n) is 3.80. The third kappa shape index (κ3) is 5.63. The van der Waals surface area contributed by atoms with Gasteiger partial charge >= 0.3 is 17.9 Å². The second-order valence-corrected chi connectivity index (χ2v) is 7.13. The Labute approximate surface area is 158 Å². The number of methoxy groups -OCH3 is 2. The molecule has 27 heavy (non-hydrogen) atoms. The average molecular weight is 382 g/mol. The zero-order valence-electron chi connectivity index (χ0n) is 16.7. The fourth-order valence-electron chi connectivity index (χ4n) is 2.78. The lowest BCUT2D eigenvalue weighted by molar-refractivity contribution is -0.158. The minimum absolute atomic E-state index is 0.0975. The Balaban J connectivity index is 3.16. The van der Waals surface area contributed by atoms with Crippen LogP contribution in [0.25, 0.3) is 0 Å². The van der Waals surface area contributed by atoms with Crippen molar-refractivity contribution in [3.05, 3.63) is 11.3 Å². The molecule has 0 radical (unpaired) electrons. The molecule has 0 bridgehead atoms. The molecule has 2 atom stereocenters. The summed E-state index contributed by atoms with van der Waals surface area (Å²) < 4.78 is 14.6. The molecule has 0 fully saturated rings. The minimum atomic E-state index is -1.31. The summed E-state index contributed by atoms with van der Waals surface area (Å²) in [5, 5.41) is 2.65. The van der Waals surface area contributed by atoms with Gasteiger partial charge < -0.3 is 19.5 Å². The van der Waals surface area contributed by atoms with E-state index in [0.717, 1.165) is 14.2 Å². The number of aliphatic imine (C=N–C) groups is 1. The van der Waals surface area contributed by atoms with Gasteiger partial charge in [0.15, 0.2) is 6.61 Å². The number of carbonyl (C=O) groups excluding carboxylic acids is 4. The Morgan fingerprint density at radius 2 is 1.59 bits per heavy atom. The SMILES string of the molecule is COC(=O)C1=C(C)N=C(C)C(C(=O)OC)[C@@H]1C(=O)OCC(=O)NC(C)(C)C. The first-order chi connectivity index (χ1) is 12.4. The van der Waals surface area contributed by atoms with E-state index in [4.69, 9.17) is 14.2 Å². The van der Waals surface area contributed by atoms with Crippen LogP contribution in [-0.4, -0.2) is 55.9 Å². The van der Waals surface area contributed by atoms with Gasteiger partial charge in [-0.15, -0.1) is 0 Å². The number of nitrogens with one attached hydrogen (secondary N) is 1. The topological polar surface area (TPSA) is 120 Å². The maximum atomic E-state index is 12.7. The molecule has 0 saturated carbocycles. The van der Waals surface area contributed by atoms with Gasteiger partial charge in [0.1, 0.15) is 11.8 Å². The second-order valence-electron chi connectivity index (χ2n) is 7.13. The number of allylic oxidation sites excluding steroid dienone is 1. The van der Waals surface area contributed by atoms with Gasteiger partial charge in [0.2, 0.25) is 0 Å². The van der Waals surface area contributed by atoms with Gasteiger partial charge in [-0.05, 0) is 34.6 Å². The molecule has 1 unspecified atom stereocenters. The van der Waals surface area contributed by atoms with Crippen LogP contribution in [-0.2, 0) is 33.4 Å². The van der Waals surface area contributed by atoms with E-state index in [-0.39, 0.29) is 11.3 Å². The number of hydrogen-bond acceptors (Lipinski definition) is 8. The molecule has 9 nitrogen and oxygen atoms in total. The van der Waals surface area contributed by atoms with Crippen molar-refractivity contribution in [2.24, 2.45) is 16.8 Å². The number of ether oxygens (including phenoxy) is 3. The van der Waals surface area contributed by atoms with Gasteiger partial charge in [0.05, 0.1) is 19.8 Å². The highest BCUT2D eigenvalue weighted by Crippen LogP contribution is 2.33. The Kier molecular flexibility index (Phi) is 7.27. The van der Waals surface area contributed by atoms with Crippen LogP contribution >= 0.6 is 0 Å². The van der Waals surface area contributed by atoms with Crippen LogP contribution in [0.15, 0.2) is 16.3 Å². The van der Waals surface area contributed by atoms with Gasteiger partial charge in [-0.25, -0.2) is 4.79 Å². The van der Waals surface area contributed by atoms with Crippen LogP contribution in [0.3, 0.4) is 0 Å². The van der Waals surface area contributed by atoms with Crippen LogP contribution in [0.1, 0.15) is 34.6 Å². The monoisotopic (exact) mass is 382 g/mol. The summed E-state index contributed by atoms with van der Waals surface area (Å²) in [5.74, 6) is -5.43. The van der Waals surface area contributed by atoms with Crippen molar-refractivity contribution in [1.82, 2.24) is 5.32 Å². The number of nitrogens with zero attached hydrogens (tertiary/aromatic N) is 1. The molecule has 0 saturated heterocycles. The first-order valence-corrected chi connectivity index (χ1v) is 8.32. The molecule has 150 valence electrons. The molecule has 0 aliphatic carbocycles. The van der Waals surface area contributed by atoms with Gasteiger partial charge in [-0.2, -0.15) is 0 Å². The van der Waals surface area contributed by atoms with Crippen LogP contribution < -0.4 is 5.32 Å². The van der Waals surface area contributed by atoms with Crippen molar-refractivity contribution in [1.29, 1.82) is 0 Å². The van der Waals surface area contributed by atoms with E-state index < -0.39 is 47.8 Å². The molecule has 1 rings (SSSR count). The van der Waals surface area contributed by atoms with Crippen LogP contribution in [0.5, 0.6) is 0 Å². The van der Waals surface area contributed by atoms with Crippen LogP contribution in [0.2, 0.25) is 0 Å². The quantitative estimate of drug-likeness (QED) is 0.551. The standard InChI is InChI=1S/C18H26N2O7/c1-9-12(15(22)25-6)14(13(10(2)19-9)16(23)26-7)17(24)27-8-11(21)20-18(3,4)5/h12,14H,8H2,1-7H3,(H,20,21)/t12?,14-/m0/s1. The van der Waals surface area contributed by atoms with Gasteiger partial charge in [0, 0.05) is 16.9 Å². The fourth-order valence-corrected chi connectivity index (χ4v) is 2.78. The lowest BCUT2D eigenvalue weighted by Gasteiger charge is -2.29. The summed E-state index contributed by atoms with van der Waals surface area (Å²) in [7, 11) is 2.32. The summed E-state index contributed by atoms with van der Waals surface area (Å²) in [6.45, 7) is 7.86. The summed E-state index contributed by atoms with van der Waals surface area (Å²) in [5.41, 5.74) is -0.0618. The van der Waals surface area contributed by atoms with Gasteiger partial charge in [-0.1, -0.05) is 0 Å². The van der Waals surface area contributed by atoms with Crippen molar-refractivity contribution < 1.29 is 33.4 Å². The number of esters is 3. The Morgan fingerprint density at radius 1 is 1.00 bits per heavy atom. The number of rotatable bonds is 5. The molecular formula is C18H26N2O7.